The fraction of sp³-hybridized carbons (Fsp3) is 0.182. The summed E-state index contributed by atoms with van der Waals surface area (Å²) in [5, 5.41) is 10.1. The van der Waals surface area contributed by atoms with Crippen molar-refractivity contribution in [2.75, 3.05) is 4.90 Å². The van der Waals surface area contributed by atoms with Crippen LogP contribution in [0.5, 0.6) is 11.5 Å². The number of carbonyl (C=O) groups excluding carboxylic acids is 1. The molecule has 0 saturated carbocycles. The maximum atomic E-state index is 12.3. The zero-order valence-corrected chi connectivity index (χ0v) is 15.3. The fourth-order valence-electron chi connectivity index (χ4n) is 3.55. The van der Waals surface area contributed by atoms with Crippen LogP contribution in [-0.4, -0.2) is 22.2 Å². The number of aliphatic hydroxyl groups is 1. The zero-order chi connectivity index (χ0) is 19.5. The highest BCUT2D eigenvalue weighted by molar-refractivity contribution is 5.99. The number of nitrogens with two attached hydrogens (primary N) is 1. The number of hydrogen-bond donors (Lipinski definition) is 2. The molecule has 0 fully saturated rings. The maximum Gasteiger partial charge on any atom is 0.323 e. The Hall–Kier alpha value is -3.38. The summed E-state index contributed by atoms with van der Waals surface area (Å²) in [6, 6.07) is 15.9. The number of benzene rings is 2. The van der Waals surface area contributed by atoms with E-state index in [2.05, 4.69) is 4.98 Å². The standard InChI is InChI=1S/C22H21N3O3/c23-22(27)25(21-3-1-2-15-4-7-17(26)14-20(15)21)16-5-8-18(9-6-16)28-19-10-12-24-13-11-19/h1-3,5-6,8-13,17,26H,4,7,14H2,(H2,23,27). The summed E-state index contributed by atoms with van der Waals surface area (Å²) in [5.41, 5.74) is 9.19. The van der Waals surface area contributed by atoms with Gasteiger partial charge in [-0.05, 0) is 66.4 Å². The molecule has 1 atom stereocenters. The van der Waals surface area contributed by atoms with Gasteiger partial charge in [0.05, 0.1) is 17.5 Å². The monoisotopic (exact) mass is 375 g/mol. The Labute approximate surface area is 163 Å². The normalized spacial score (nSPS) is 15.5. The first-order valence-corrected chi connectivity index (χ1v) is 9.18. The largest absolute Gasteiger partial charge is 0.457 e. The summed E-state index contributed by atoms with van der Waals surface area (Å²) in [6.45, 7) is 0. The topological polar surface area (TPSA) is 88.7 Å². The van der Waals surface area contributed by atoms with Crippen molar-refractivity contribution >= 4 is 17.4 Å². The molecule has 0 aliphatic heterocycles. The average Bonchev–Trinajstić information content (AvgIpc) is 2.70. The summed E-state index contributed by atoms with van der Waals surface area (Å²) in [4.78, 5) is 17.7. The van der Waals surface area contributed by atoms with E-state index in [1.165, 1.54) is 4.90 Å². The summed E-state index contributed by atoms with van der Waals surface area (Å²) in [6.07, 6.45) is 4.94. The lowest BCUT2D eigenvalue weighted by Gasteiger charge is -2.28. The smallest absolute Gasteiger partial charge is 0.323 e. The maximum absolute atomic E-state index is 12.3. The molecule has 6 nitrogen and oxygen atoms in total. The van der Waals surface area contributed by atoms with Crippen LogP contribution in [0.3, 0.4) is 0 Å². The van der Waals surface area contributed by atoms with Crippen molar-refractivity contribution in [2.24, 2.45) is 5.73 Å². The molecule has 1 aromatic heterocycles. The lowest BCUT2D eigenvalue weighted by molar-refractivity contribution is 0.158. The van der Waals surface area contributed by atoms with Gasteiger partial charge in [0.2, 0.25) is 0 Å². The van der Waals surface area contributed by atoms with E-state index in [-0.39, 0.29) is 0 Å². The van der Waals surface area contributed by atoms with Gasteiger partial charge in [0.1, 0.15) is 11.5 Å². The van der Waals surface area contributed by atoms with Gasteiger partial charge in [-0.3, -0.25) is 9.88 Å². The molecule has 6 heteroatoms. The first-order chi connectivity index (χ1) is 13.6. The molecule has 1 heterocycles. The van der Waals surface area contributed by atoms with E-state index in [9.17, 15) is 9.90 Å². The number of urea groups is 1. The number of pyridine rings is 1. The van der Waals surface area contributed by atoms with E-state index in [0.29, 0.717) is 29.3 Å². The van der Waals surface area contributed by atoms with E-state index in [4.69, 9.17) is 10.5 Å². The minimum absolute atomic E-state index is 0.403. The fourth-order valence-corrected chi connectivity index (χ4v) is 3.55. The van der Waals surface area contributed by atoms with Gasteiger partial charge in [-0.2, -0.15) is 0 Å². The molecule has 0 saturated heterocycles. The molecule has 3 aromatic rings. The molecule has 0 bridgehead atoms. The molecular weight excluding hydrogens is 354 g/mol. The van der Waals surface area contributed by atoms with Crippen LogP contribution in [0.1, 0.15) is 17.5 Å². The number of rotatable bonds is 4. The minimum atomic E-state index is -0.573. The van der Waals surface area contributed by atoms with Crippen LogP contribution in [0.4, 0.5) is 16.2 Å². The molecule has 142 valence electrons. The Morgan fingerprint density at radius 1 is 1.07 bits per heavy atom. The van der Waals surface area contributed by atoms with Crippen LogP contribution >= 0.6 is 0 Å². The third-order valence-electron chi connectivity index (χ3n) is 4.88. The van der Waals surface area contributed by atoms with Gasteiger partial charge in [-0.1, -0.05) is 12.1 Å². The number of ether oxygens (including phenoxy) is 1. The van der Waals surface area contributed by atoms with Crippen molar-refractivity contribution in [3.05, 3.63) is 78.1 Å². The molecule has 0 spiro atoms. The molecule has 0 radical (unpaired) electrons. The van der Waals surface area contributed by atoms with Crippen LogP contribution in [0, 0.1) is 0 Å². The Kier molecular flexibility index (Phi) is 4.95. The molecule has 1 unspecified atom stereocenters. The molecule has 1 aliphatic rings. The van der Waals surface area contributed by atoms with E-state index >= 15 is 0 Å². The lowest BCUT2D eigenvalue weighted by atomic mass is 9.88. The van der Waals surface area contributed by atoms with Crippen LogP contribution in [-0.2, 0) is 12.8 Å². The van der Waals surface area contributed by atoms with Gasteiger partial charge in [0.15, 0.2) is 0 Å². The van der Waals surface area contributed by atoms with Crippen LogP contribution in [0.15, 0.2) is 67.0 Å². The van der Waals surface area contributed by atoms with Crippen molar-refractivity contribution in [1.82, 2.24) is 4.98 Å². The Morgan fingerprint density at radius 2 is 1.79 bits per heavy atom. The van der Waals surface area contributed by atoms with Gasteiger partial charge < -0.3 is 15.6 Å². The average molecular weight is 375 g/mol. The van der Waals surface area contributed by atoms with Gasteiger partial charge >= 0.3 is 6.03 Å². The van der Waals surface area contributed by atoms with Gasteiger partial charge in [0.25, 0.3) is 0 Å². The Morgan fingerprint density at radius 3 is 2.50 bits per heavy atom. The van der Waals surface area contributed by atoms with Gasteiger partial charge in [-0.15, -0.1) is 0 Å². The highest BCUT2D eigenvalue weighted by atomic mass is 16.5. The number of aliphatic hydroxyl groups excluding tert-OH is 1. The summed E-state index contributed by atoms with van der Waals surface area (Å²) in [7, 11) is 0. The summed E-state index contributed by atoms with van der Waals surface area (Å²) in [5.74, 6) is 1.32. The van der Waals surface area contributed by atoms with Crippen molar-refractivity contribution in [3.63, 3.8) is 0 Å². The number of fused-ring (bicyclic) bond motifs is 1. The van der Waals surface area contributed by atoms with Crippen molar-refractivity contribution < 1.29 is 14.6 Å². The molecular formula is C22H21N3O3. The summed E-state index contributed by atoms with van der Waals surface area (Å²) < 4.78 is 5.78. The molecule has 2 amide bonds. The number of anilines is 2. The third-order valence-corrected chi connectivity index (χ3v) is 4.88. The molecule has 2 aromatic carbocycles. The number of carbonyl (C=O) groups is 1. The Bertz CT molecular complexity index is 974. The second-order valence-corrected chi connectivity index (χ2v) is 6.76. The minimum Gasteiger partial charge on any atom is -0.457 e. The predicted molar refractivity (Wildman–Crippen MR) is 107 cm³/mol. The molecule has 3 N–H and O–H groups in total. The number of nitrogens with zero attached hydrogens (tertiary/aromatic N) is 2. The zero-order valence-electron chi connectivity index (χ0n) is 15.3. The van der Waals surface area contributed by atoms with E-state index in [0.717, 1.165) is 24.0 Å². The van der Waals surface area contributed by atoms with Crippen molar-refractivity contribution in [1.29, 1.82) is 0 Å². The number of aryl methyl sites for hydroxylation is 1. The van der Waals surface area contributed by atoms with E-state index < -0.39 is 12.1 Å². The van der Waals surface area contributed by atoms with E-state index in [1.54, 1.807) is 48.8 Å². The van der Waals surface area contributed by atoms with Crippen molar-refractivity contribution in [2.45, 2.75) is 25.4 Å². The number of primary amides is 1. The summed E-state index contributed by atoms with van der Waals surface area (Å²) >= 11 is 0. The quantitative estimate of drug-likeness (QED) is 0.723. The Balaban J connectivity index is 1.65. The van der Waals surface area contributed by atoms with E-state index in [1.807, 2.05) is 18.2 Å². The van der Waals surface area contributed by atoms with Crippen LogP contribution < -0.4 is 15.4 Å². The second-order valence-electron chi connectivity index (χ2n) is 6.76. The lowest BCUT2D eigenvalue weighted by Crippen LogP contribution is -2.33. The molecule has 28 heavy (non-hydrogen) atoms. The predicted octanol–water partition coefficient (Wildman–Crippen LogP) is 3.94. The van der Waals surface area contributed by atoms with Gasteiger partial charge in [0, 0.05) is 18.8 Å². The first kappa shape index (κ1) is 18.0. The SMILES string of the molecule is NC(=O)N(c1ccc(Oc2ccncc2)cc1)c1cccc2c1CC(O)CC2. The highest BCUT2D eigenvalue weighted by Crippen LogP contribution is 2.35. The van der Waals surface area contributed by atoms with Gasteiger partial charge in [-0.25, -0.2) is 4.79 Å². The number of hydrogen-bond acceptors (Lipinski definition) is 4. The number of aromatic nitrogens is 1. The molecule has 4 rings (SSSR count). The highest BCUT2D eigenvalue weighted by Gasteiger charge is 2.24. The van der Waals surface area contributed by atoms with Crippen LogP contribution in [0.2, 0.25) is 0 Å². The van der Waals surface area contributed by atoms with Crippen LogP contribution in [0.25, 0.3) is 0 Å². The third kappa shape index (κ3) is 3.68. The number of amides is 2. The second kappa shape index (κ2) is 7.70. The molecule has 1 aliphatic carbocycles. The van der Waals surface area contributed by atoms with Crippen molar-refractivity contribution in [3.8, 4) is 11.5 Å². The first-order valence-electron chi connectivity index (χ1n) is 9.18.